The van der Waals surface area contributed by atoms with Crippen LogP contribution in [0.4, 0.5) is 17.1 Å². The molecule has 49 heavy (non-hydrogen) atoms. The largest absolute Gasteiger partial charge is 0.311 e. The van der Waals surface area contributed by atoms with E-state index in [0.717, 1.165) is 0 Å². The highest BCUT2D eigenvalue weighted by atomic mass is 32.2. The maximum atomic E-state index is 2.53. The van der Waals surface area contributed by atoms with Crippen molar-refractivity contribution >= 4 is 85.5 Å². The molecule has 238 valence electrons. The molecule has 10 rings (SSSR count). The number of hydrogen-bond donors (Lipinski definition) is 0. The fourth-order valence-electron chi connectivity index (χ4n) is 8.27. The predicted molar refractivity (Wildman–Crippen MR) is 212 cm³/mol. The summed E-state index contributed by atoms with van der Waals surface area (Å²) in [5.74, 6) is 0. The zero-order valence-electron chi connectivity index (χ0n) is 28.8. The number of anilines is 3. The monoisotopic (exact) mass is 668 g/mol. The fraction of sp³-hybridized carbons (Fsp3) is 0.182. The summed E-state index contributed by atoms with van der Waals surface area (Å²) in [5.41, 5.74) is 14.8. The summed E-state index contributed by atoms with van der Waals surface area (Å²) < 4.78 is 2.53. The van der Waals surface area contributed by atoms with Gasteiger partial charge in [-0.1, -0.05) is 108 Å². The molecule has 2 nitrogen and oxygen atoms in total. The number of hydrogen-bond acceptors (Lipinski definition) is 3. The third-order valence-electron chi connectivity index (χ3n) is 10.7. The summed E-state index contributed by atoms with van der Waals surface area (Å²) in [5, 5.41) is 2.66. The normalized spacial score (nSPS) is 14.5. The molecule has 0 fully saturated rings. The number of nitrogens with zero attached hydrogens (tertiary/aromatic N) is 2. The Morgan fingerprint density at radius 1 is 0.469 bits per heavy atom. The topological polar surface area (TPSA) is 8.17 Å². The second-order valence-corrected chi connectivity index (χ2v) is 18.0. The standard InChI is InChI=1S/C44H37BN2S2/c1-43(2,3)26-18-20-32-30(22-26)31-23-27(44(4,5)6)19-21-33(31)47(32)29-24-38-42-39(25-29)49-37-17-11-15-35-41(37)45(42)40-34(14-10-16-36(40)48-38)46(35)28-12-8-7-9-13-28/h7-25H,1-6H3. The molecule has 0 N–H and O–H groups in total. The lowest BCUT2D eigenvalue weighted by Crippen LogP contribution is -2.62. The molecule has 6 aromatic carbocycles. The SMILES string of the molecule is CC(C)(C)c1ccc2c(c1)c1cc(C(C)(C)C)ccc1n2-c1cc2c3c(c1)Sc1cccc4c1B3c1c(cccc1N4c1ccccc1)S2. The van der Waals surface area contributed by atoms with Gasteiger partial charge in [-0.25, -0.2) is 0 Å². The highest BCUT2D eigenvalue weighted by molar-refractivity contribution is 8.01. The van der Waals surface area contributed by atoms with E-state index in [9.17, 15) is 0 Å². The van der Waals surface area contributed by atoms with Gasteiger partial charge in [-0.3, -0.25) is 0 Å². The van der Waals surface area contributed by atoms with Gasteiger partial charge in [-0.2, -0.15) is 0 Å². The van der Waals surface area contributed by atoms with Gasteiger partial charge in [0, 0.05) is 53.1 Å². The van der Waals surface area contributed by atoms with Crippen molar-refractivity contribution in [3.05, 3.63) is 126 Å². The van der Waals surface area contributed by atoms with Crippen molar-refractivity contribution in [2.24, 2.45) is 0 Å². The fourth-order valence-corrected chi connectivity index (χ4v) is 10.8. The number of rotatable bonds is 2. The first-order valence-corrected chi connectivity index (χ1v) is 18.9. The van der Waals surface area contributed by atoms with Crippen molar-refractivity contribution in [3.8, 4) is 5.69 Å². The van der Waals surface area contributed by atoms with Gasteiger partial charge >= 0.3 is 0 Å². The predicted octanol–water partition coefficient (Wildman–Crippen LogP) is 10.6. The Kier molecular flexibility index (Phi) is 6.11. The van der Waals surface area contributed by atoms with E-state index in [4.69, 9.17) is 0 Å². The molecule has 0 bridgehead atoms. The number of benzene rings is 6. The molecule has 0 saturated carbocycles. The van der Waals surface area contributed by atoms with Crippen LogP contribution in [0.5, 0.6) is 0 Å². The van der Waals surface area contributed by atoms with Gasteiger partial charge in [-0.05, 0) is 111 Å². The smallest absolute Gasteiger partial charge is 0.252 e. The summed E-state index contributed by atoms with van der Waals surface area (Å²) >= 11 is 3.89. The first-order chi connectivity index (χ1) is 23.6. The number of aromatic nitrogens is 1. The molecule has 0 unspecified atom stereocenters. The molecule has 0 saturated heterocycles. The van der Waals surface area contributed by atoms with Crippen LogP contribution in [-0.2, 0) is 10.8 Å². The average molecular weight is 669 g/mol. The molecule has 3 aliphatic heterocycles. The zero-order chi connectivity index (χ0) is 33.4. The van der Waals surface area contributed by atoms with E-state index in [1.165, 1.54) is 91.7 Å². The molecular formula is C44H37BN2S2. The molecule has 4 heterocycles. The van der Waals surface area contributed by atoms with Crippen LogP contribution < -0.4 is 21.3 Å². The van der Waals surface area contributed by atoms with Crippen molar-refractivity contribution < 1.29 is 0 Å². The van der Waals surface area contributed by atoms with Crippen molar-refractivity contribution in [1.82, 2.24) is 4.57 Å². The van der Waals surface area contributed by atoms with Gasteiger partial charge in [0.05, 0.1) is 11.0 Å². The molecule has 0 radical (unpaired) electrons. The van der Waals surface area contributed by atoms with E-state index in [2.05, 4.69) is 166 Å². The minimum atomic E-state index is 0.0715. The van der Waals surface area contributed by atoms with E-state index in [1.807, 2.05) is 23.5 Å². The average Bonchev–Trinajstić information content (AvgIpc) is 3.41. The van der Waals surface area contributed by atoms with Crippen molar-refractivity contribution in [2.75, 3.05) is 4.90 Å². The summed E-state index contributed by atoms with van der Waals surface area (Å²) in [7, 11) is 0. The number of para-hydroxylation sites is 1. The van der Waals surface area contributed by atoms with Crippen molar-refractivity contribution in [3.63, 3.8) is 0 Å². The Bertz CT molecular complexity index is 2380. The summed E-state index contributed by atoms with van der Waals surface area (Å²) in [6, 6.07) is 43.9. The molecule has 0 aliphatic carbocycles. The third kappa shape index (κ3) is 4.25. The first kappa shape index (κ1) is 29.6. The van der Waals surface area contributed by atoms with E-state index in [0.29, 0.717) is 0 Å². The van der Waals surface area contributed by atoms with Crippen molar-refractivity contribution in [2.45, 2.75) is 72.0 Å². The lowest BCUT2D eigenvalue weighted by molar-refractivity contribution is 0.590. The molecule has 0 amide bonds. The molecule has 0 atom stereocenters. The van der Waals surface area contributed by atoms with E-state index >= 15 is 0 Å². The Morgan fingerprint density at radius 2 is 0.980 bits per heavy atom. The molecule has 7 aromatic rings. The Hall–Kier alpha value is -4.32. The lowest BCUT2D eigenvalue weighted by Gasteiger charge is -2.43. The summed E-state index contributed by atoms with van der Waals surface area (Å²) in [6.45, 7) is 14.1. The Balaban J connectivity index is 1.22. The summed E-state index contributed by atoms with van der Waals surface area (Å²) in [6.07, 6.45) is 0. The maximum Gasteiger partial charge on any atom is 0.252 e. The maximum absolute atomic E-state index is 2.53. The van der Waals surface area contributed by atoms with Gasteiger partial charge in [0.2, 0.25) is 0 Å². The molecule has 0 spiro atoms. The van der Waals surface area contributed by atoms with Crippen LogP contribution in [0.15, 0.2) is 135 Å². The molecule has 1 aromatic heterocycles. The minimum absolute atomic E-state index is 0.0715. The minimum Gasteiger partial charge on any atom is -0.311 e. The first-order valence-electron chi connectivity index (χ1n) is 17.3. The Labute approximate surface area is 297 Å². The van der Waals surface area contributed by atoms with Crippen LogP contribution in [0.25, 0.3) is 27.5 Å². The summed E-state index contributed by atoms with van der Waals surface area (Å²) in [4.78, 5) is 7.94. The molecule has 3 aliphatic rings. The molecule has 5 heteroatoms. The Morgan fingerprint density at radius 3 is 1.47 bits per heavy atom. The second-order valence-electron chi connectivity index (χ2n) is 15.8. The van der Waals surface area contributed by atoms with Gasteiger partial charge in [0.25, 0.3) is 6.71 Å². The van der Waals surface area contributed by atoms with Gasteiger partial charge in [0.1, 0.15) is 0 Å². The lowest BCUT2D eigenvalue weighted by atomic mass is 9.34. The van der Waals surface area contributed by atoms with Crippen LogP contribution in [0.3, 0.4) is 0 Å². The van der Waals surface area contributed by atoms with Gasteiger partial charge in [-0.15, -0.1) is 0 Å². The third-order valence-corrected chi connectivity index (χ3v) is 13.0. The van der Waals surface area contributed by atoms with Crippen molar-refractivity contribution in [1.29, 1.82) is 0 Å². The van der Waals surface area contributed by atoms with Gasteiger partial charge < -0.3 is 9.47 Å². The number of fused-ring (bicyclic) bond motifs is 3. The van der Waals surface area contributed by atoms with Crippen LogP contribution >= 0.6 is 23.5 Å². The second kappa shape index (κ2) is 10.1. The molecular weight excluding hydrogens is 631 g/mol. The zero-order valence-corrected chi connectivity index (χ0v) is 30.4. The quantitative estimate of drug-likeness (QED) is 0.170. The van der Waals surface area contributed by atoms with Crippen LogP contribution in [0.1, 0.15) is 52.7 Å². The van der Waals surface area contributed by atoms with Crippen LogP contribution in [0, 0.1) is 0 Å². The van der Waals surface area contributed by atoms with E-state index in [1.54, 1.807) is 0 Å². The van der Waals surface area contributed by atoms with E-state index < -0.39 is 0 Å². The van der Waals surface area contributed by atoms with E-state index in [-0.39, 0.29) is 17.5 Å². The van der Waals surface area contributed by atoms with Gasteiger partial charge in [0.15, 0.2) is 0 Å². The van der Waals surface area contributed by atoms with Crippen LogP contribution in [-0.4, -0.2) is 11.3 Å². The highest BCUT2D eigenvalue weighted by Crippen LogP contribution is 2.48. The highest BCUT2D eigenvalue weighted by Gasteiger charge is 2.45. The van der Waals surface area contributed by atoms with Crippen LogP contribution in [0.2, 0.25) is 0 Å².